The van der Waals surface area contributed by atoms with Crippen molar-refractivity contribution in [3.63, 3.8) is 0 Å². The van der Waals surface area contributed by atoms with Crippen LogP contribution in [0.4, 0.5) is 0 Å². The lowest BCUT2D eigenvalue weighted by atomic mass is 9.73. The predicted molar refractivity (Wildman–Crippen MR) is 105 cm³/mol. The number of carbonyl (C=O) groups excluding carboxylic acids is 2. The van der Waals surface area contributed by atoms with E-state index in [0.717, 1.165) is 30.8 Å². The van der Waals surface area contributed by atoms with Gasteiger partial charge in [-0.3, -0.25) is 14.6 Å². The van der Waals surface area contributed by atoms with Crippen LogP contribution in [0.25, 0.3) is 0 Å². The summed E-state index contributed by atoms with van der Waals surface area (Å²) in [6.45, 7) is 5.84. The molecule has 0 unspecified atom stereocenters. The molecule has 0 radical (unpaired) electrons. The maximum Gasteiger partial charge on any atom is 0.253 e. The number of ether oxygens (including phenoxy) is 1. The number of carbonyl (C=O) groups is 2. The zero-order chi connectivity index (χ0) is 19.2. The number of nitrogens with zero attached hydrogens (tertiary/aromatic N) is 2. The minimum Gasteiger partial charge on any atom is -0.369 e. The minimum atomic E-state index is -0.185. The number of aryl methyl sites for hydroxylation is 2. The molecule has 146 valence electrons. The van der Waals surface area contributed by atoms with E-state index in [4.69, 9.17) is 4.74 Å². The fourth-order valence-electron chi connectivity index (χ4n) is 5.10. The Bertz CT molecular complexity index is 771. The molecule has 4 heterocycles. The van der Waals surface area contributed by atoms with E-state index in [0.29, 0.717) is 30.3 Å². The second-order valence-corrected chi connectivity index (χ2v) is 8.90. The number of rotatable bonds is 5. The molecule has 2 amide bonds. The number of pyridine rings is 1. The summed E-state index contributed by atoms with van der Waals surface area (Å²) >= 11 is 1.56. The third kappa shape index (κ3) is 3.25. The summed E-state index contributed by atoms with van der Waals surface area (Å²) in [5.74, 6) is 1.23. The van der Waals surface area contributed by atoms with Gasteiger partial charge in [0, 0.05) is 30.6 Å². The number of thioether (sulfide) groups is 1. The molecule has 2 bridgehead atoms. The van der Waals surface area contributed by atoms with Gasteiger partial charge in [-0.2, -0.15) is 11.8 Å². The number of hydrogen-bond acceptors (Lipinski definition) is 5. The first-order valence-corrected chi connectivity index (χ1v) is 11.0. The molecular formula is C20H27N3O3S. The Morgan fingerprint density at radius 1 is 1.41 bits per heavy atom. The van der Waals surface area contributed by atoms with Crippen molar-refractivity contribution in [2.45, 2.75) is 38.4 Å². The summed E-state index contributed by atoms with van der Waals surface area (Å²) in [5.41, 5.74) is 2.11. The largest absolute Gasteiger partial charge is 0.369 e. The first-order chi connectivity index (χ1) is 12.9. The second-order valence-electron chi connectivity index (χ2n) is 8.03. The highest BCUT2D eigenvalue weighted by Crippen LogP contribution is 2.54. The summed E-state index contributed by atoms with van der Waals surface area (Å²) in [5, 5.41) is 3.10. The SMILES string of the molecule is CSCC(=O)N1C[C@@H]2[C@H](CNC(=O)c3ccc(C)nc3C)[C@H]3CC[C@]2(C1)O3. The van der Waals surface area contributed by atoms with Gasteiger partial charge >= 0.3 is 0 Å². The topological polar surface area (TPSA) is 71.5 Å². The normalized spacial score (nSPS) is 31.2. The van der Waals surface area contributed by atoms with E-state index in [1.54, 1.807) is 11.8 Å². The number of fused-ring (bicyclic) bond motifs is 1. The molecule has 1 aromatic rings. The van der Waals surface area contributed by atoms with E-state index in [2.05, 4.69) is 10.3 Å². The number of hydrogen-bond donors (Lipinski definition) is 1. The summed E-state index contributed by atoms with van der Waals surface area (Å²) in [6.07, 6.45) is 4.20. The van der Waals surface area contributed by atoms with Crippen molar-refractivity contribution >= 4 is 23.6 Å². The standard InChI is InChI=1S/C20H27N3O3S/c1-12-4-5-14(13(2)22-12)19(25)21-8-15-16-9-23(18(24)10-27-3)11-20(16)7-6-17(15)26-20/h4-5,15-17H,6-11H2,1-3H3,(H,21,25)/t15-,16+,17+,20+/m0/s1. The molecule has 4 atom stereocenters. The van der Waals surface area contributed by atoms with Gasteiger partial charge in [-0.05, 0) is 45.1 Å². The highest BCUT2D eigenvalue weighted by atomic mass is 32.2. The van der Waals surface area contributed by atoms with Crippen molar-refractivity contribution in [2.75, 3.05) is 31.6 Å². The van der Waals surface area contributed by atoms with Crippen LogP contribution in [0.15, 0.2) is 12.1 Å². The summed E-state index contributed by atoms with van der Waals surface area (Å²) < 4.78 is 6.37. The van der Waals surface area contributed by atoms with Crippen molar-refractivity contribution in [2.24, 2.45) is 11.8 Å². The fraction of sp³-hybridized carbons (Fsp3) is 0.650. The molecule has 0 aromatic carbocycles. The van der Waals surface area contributed by atoms with Crippen LogP contribution in [0.2, 0.25) is 0 Å². The molecular weight excluding hydrogens is 362 g/mol. The van der Waals surface area contributed by atoms with E-state index in [9.17, 15) is 9.59 Å². The zero-order valence-electron chi connectivity index (χ0n) is 16.2. The Labute approximate surface area is 164 Å². The molecule has 3 aliphatic rings. The summed E-state index contributed by atoms with van der Waals surface area (Å²) in [4.78, 5) is 31.3. The highest BCUT2D eigenvalue weighted by molar-refractivity contribution is 7.99. The van der Waals surface area contributed by atoms with Gasteiger partial charge in [-0.1, -0.05) is 0 Å². The van der Waals surface area contributed by atoms with E-state index < -0.39 is 0 Å². The molecule has 6 nitrogen and oxygen atoms in total. The van der Waals surface area contributed by atoms with E-state index in [1.165, 1.54) is 0 Å². The lowest BCUT2D eigenvalue weighted by Gasteiger charge is -2.29. The molecule has 1 spiro atoms. The third-order valence-corrected chi connectivity index (χ3v) is 6.91. The number of nitrogens with one attached hydrogen (secondary N) is 1. The Morgan fingerprint density at radius 3 is 2.96 bits per heavy atom. The number of amides is 2. The van der Waals surface area contributed by atoms with Crippen molar-refractivity contribution in [1.29, 1.82) is 0 Å². The molecule has 3 fully saturated rings. The van der Waals surface area contributed by atoms with Crippen molar-refractivity contribution in [3.8, 4) is 0 Å². The minimum absolute atomic E-state index is 0.0786. The van der Waals surface area contributed by atoms with Crippen LogP contribution in [0.5, 0.6) is 0 Å². The van der Waals surface area contributed by atoms with Crippen molar-refractivity contribution < 1.29 is 14.3 Å². The van der Waals surface area contributed by atoms with Gasteiger partial charge in [0.1, 0.15) is 0 Å². The van der Waals surface area contributed by atoms with E-state index in [1.807, 2.05) is 37.1 Å². The van der Waals surface area contributed by atoms with Crippen LogP contribution in [0, 0.1) is 25.7 Å². The van der Waals surface area contributed by atoms with Crippen LogP contribution in [0.3, 0.4) is 0 Å². The monoisotopic (exact) mass is 389 g/mol. The molecule has 0 saturated carbocycles. The van der Waals surface area contributed by atoms with Crippen LogP contribution in [-0.4, -0.2) is 65.0 Å². The van der Waals surface area contributed by atoms with Gasteiger partial charge in [-0.25, -0.2) is 0 Å². The van der Waals surface area contributed by atoms with Crippen LogP contribution in [-0.2, 0) is 9.53 Å². The Kier molecular flexibility index (Phi) is 4.93. The van der Waals surface area contributed by atoms with Crippen LogP contribution in [0.1, 0.15) is 34.6 Å². The zero-order valence-corrected chi connectivity index (χ0v) is 17.0. The summed E-state index contributed by atoms with van der Waals surface area (Å²) in [6, 6.07) is 3.70. The average Bonchev–Trinajstić information content (AvgIpc) is 3.28. The first kappa shape index (κ1) is 18.7. The van der Waals surface area contributed by atoms with Gasteiger partial charge in [0.25, 0.3) is 5.91 Å². The molecule has 0 aliphatic carbocycles. The van der Waals surface area contributed by atoms with Crippen LogP contribution >= 0.6 is 11.8 Å². The van der Waals surface area contributed by atoms with Gasteiger partial charge in [-0.15, -0.1) is 0 Å². The Hall–Kier alpha value is -1.60. The molecule has 27 heavy (non-hydrogen) atoms. The molecule has 1 N–H and O–H groups in total. The molecule has 1 aromatic heterocycles. The van der Waals surface area contributed by atoms with Crippen molar-refractivity contribution in [1.82, 2.24) is 15.2 Å². The lowest BCUT2D eigenvalue weighted by molar-refractivity contribution is -0.128. The highest BCUT2D eigenvalue weighted by Gasteiger charge is 2.63. The average molecular weight is 390 g/mol. The van der Waals surface area contributed by atoms with Crippen molar-refractivity contribution in [3.05, 3.63) is 29.1 Å². The van der Waals surface area contributed by atoms with Crippen LogP contribution < -0.4 is 5.32 Å². The van der Waals surface area contributed by atoms with Gasteiger partial charge in [0.05, 0.1) is 35.3 Å². The third-order valence-electron chi connectivity index (χ3n) is 6.37. The van der Waals surface area contributed by atoms with Gasteiger partial charge in [0.2, 0.25) is 5.91 Å². The molecule has 3 saturated heterocycles. The molecule has 3 aliphatic heterocycles. The Morgan fingerprint density at radius 2 is 2.22 bits per heavy atom. The second kappa shape index (κ2) is 7.09. The Balaban J connectivity index is 1.42. The van der Waals surface area contributed by atoms with Gasteiger partial charge < -0.3 is 15.0 Å². The quantitative estimate of drug-likeness (QED) is 0.831. The molecule has 4 rings (SSSR count). The first-order valence-electron chi connectivity index (χ1n) is 9.60. The maximum absolute atomic E-state index is 12.6. The van der Waals surface area contributed by atoms with E-state index in [-0.39, 0.29) is 29.4 Å². The number of likely N-dealkylation sites (tertiary alicyclic amines) is 1. The summed E-state index contributed by atoms with van der Waals surface area (Å²) in [7, 11) is 0. The van der Waals surface area contributed by atoms with E-state index >= 15 is 0 Å². The fourth-order valence-corrected chi connectivity index (χ4v) is 5.53. The predicted octanol–water partition coefficient (Wildman–Crippen LogP) is 1.80. The smallest absolute Gasteiger partial charge is 0.253 e. The maximum atomic E-state index is 12.6. The lowest BCUT2D eigenvalue weighted by Crippen LogP contribution is -2.42. The number of aromatic nitrogens is 1. The molecule has 7 heteroatoms. The van der Waals surface area contributed by atoms with Gasteiger partial charge in [0.15, 0.2) is 0 Å².